The first-order valence-electron chi connectivity index (χ1n) is 10.6. The number of benzene rings is 1. The van der Waals surface area contributed by atoms with Crippen molar-refractivity contribution < 1.29 is 9.47 Å². The predicted molar refractivity (Wildman–Crippen MR) is 114 cm³/mol. The van der Waals surface area contributed by atoms with Gasteiger partial charge in [-0.1, -0.05) is 26.0 Å². The van der Waals surface area contributed by atoms with Gasteiger partial charge in [-0.05, 0) is 49.9 Å². The SMILES string of the molecule is CN=C(NCC1CN2CCCC2CO1)NC(C)c1ccc(OCC(C)C)cc1. The molecule has 0 aliphatic carbocycles. The Morgan fingerprint density at radius 1 is 1.29 bits per heavy atom. The van der Waals surface area contributed by atoms with Gasteiger partial charge in [0, 0.05) is 26.2 Å². The highest BCUT2D eigenvalue weighted by Gasteiger charge is 2.32. The van der Waals surface area contributed by atoms with Gasteiger partial charge in [-0.2, -0.15) is 0 Å². The van der Waals surface area contributed by atoms with Crippen molar-refractivity contribution in [2.24, 2.45) is 10.9 Å². The number of ether oxygens (including phenoxy) is 2. The highest BCUT2D eigenvalue weighted by molar-refractivity contribution is 5.80. The van der Waals surface area contributed by atoms with Gasteiger partial charge in [0.25, 0.3) is 0 Å². The molecule has 0 spiro atoms. The van der Waals surface area contributed by atoms with E-state index < -0.39 is 0 Å². The summed E-state index contributed by atoms with van der Waals surface area (Å²) < 4.78 is 11.8. The van der Waals surface area contributed by atoms with Gasteiger partial charge in [-0.3, -0.25) is 9.89 Å². The van der Waals surface area contributed by atoms with Crippen LogP contribution in [0.1, 0.15) is 45.2 Å². The molecule has 2 saturated heterocycles. The Bertz CT molecular complexity index is 632. The zero-order chi connectivity index (χ0) is 19.9. The van der Waals surface area contributed by atoms with E-state index in [-0.39, 0.29) is 12.1 Å². The van der Waals surface area contributed by atoms with Crippen LogP contribution in [0.25, 0.3) is 0 Å². The fourth-order valence-corrected chi connectivity index (χ4v) is 3.82. The monoisotopic (exact) mass is 388 g/mol. The van der Waals surface area contributed by atoms with Crippen molar-refractivity contribution in [1.29, 1.82) is 0 Å². The maximum atomic E-state index is 6.03. The van der Waals surface area contributed by atoms with E-state index in [1.54, 1.807) is 0 Å². The summed E-state index contributed by atoms with van der Waals surface area (Å²) in [6.07, 6.45) is 2.80. The van der Waals surface area contributed by atoms with E-state index >= 15 is 0 Å². The van der Waals surface area contributed by atoms with Crippen LogP contribution in [-0.4, -0.2) is 62.9 Å². The summed E-state index contributed by atoms with van der Waals surface area (Å²) in [6, 6.07) is 9.08. The van der Waals surface area contributed by atoms with E-state index in [0.717, 1.165) is 38.0 Å². The number of guanidine groups is 1. The summed E-state index contributed by atoms with van der Waals surface area (Å²) in [7, 11) is 1.81. The van der Waals surface area contributed by atoms with E-state index in [0.29, 0.717) is 12.0 Å². The molecule has 0 amide bonds. The molecule has 156 valence electrons. The maximum absolute atomic E-state index is 6.03. The lowest BCUT2D eigenvalue weighted by molar-refractivity contribution is -0.0453. The van der Waals surface area contributed by atoms with Gasteiger partial charge in [0.2, 0.25) is 0 Å². The first-order valence-corrected chi connectivity index (χ1v) is 10.6. The van der Waals surface area contributed by atoms with Crippen LogP contribution < -0.4 is 15.4 Å². The van der Waals surface area contributed by atoms with Gasteiger partial charge in [-0.25, -0.2) is 0 Å². The standard InChI is InChI=1S/C22H36N4O2/c1-16(2)14-27-20-9-7-18(8-10-20)17(3)25-22(23-4)24-12-21-13-26-11-5-6-19(26)15-28-21/h7-10,16-17,19,21H,5-6,11-15H2,1-4H3,(H2,23,24,25). The van der Waals surface area contributed by atoms with Crippen LogP contribution in [0.15, 0.2) is 29.3 Å². The summed E-state index contributed by atoms with van der Waals surface area (Å²) in [5.74, 6) is 2.25. The van der Waals surface area contributed by atoms with Crippen LogP contribution >= 0.6 is 0 Å². The lowest BCUT2D eigenvalue weighted by atomic mass is 10.1. The van der Waals surface area contributed by atoms with Gasteiger partial charge in [0.05, 0.1) is 25.4 Å². The second-order valence-electron chi connectivity index (χ2n) is 8.34. The van der Waals surface area contributed by atoms with Gasteiger partial charge in [-0.15, -0.1) is 0 Å². The van der Waals surface area contributed by atoms with Crippen molar-refractivity contribution in [2.45, 2.75) is 51.8 Å². The van der Waals surface area contributed by atoms with Gasteiger partial charge < -0.3 is 20.1 Å². The molecule has 2 N–H and O–H groups in total. The molecule has 2 aliphatic rings. The van der Waals surface area contributed by atoms with E-state index in [1.165, 1.54) is 24.9 Å². The highest BCUT2D eigenvalue weighted by atomic mass is 16.5. The molecule has 0 aromatic heterocycles. The van der Waals surface area contributed by atoms with Crippen molar-refractivity contribution in [1.82, 2.24) is 15.5 Å². The normalized spacial score (nSPS) is 24.1. The molecule has 0 radical (unpaired) electrons. The lowest BCUT2D eigenvalue weighted by Crippen LogP contribution is -2.51. The van der Waals surface area contributed by atoms with Crippen LogP contribution in [0.2, 0.25) is 0 Å². The summed E-state index contributed by atoms with van der Waals surface area (Å²) >= 11 is 0. The van der Waals surface area contributed by atoms with Crippen molar-refractivity contribution >= 4 is 5.96 Å². The fourth-order valence-electron chi connectivity index (χ4n) is 3.82. The molecule has 0 saturated carbocycles. The second-order valence-corrected chi connectivity index (χ2v) is 8.34. The Labute approximate surface area is 169 Å². The van der Waals surface area contributed by atoms with Crippen molar-refractivity contribution in [2.75, 3.05) is 39.9 Å². The molecular weight excluding hydrogens is 352 g/mol. The van der Waals surface area contributed by atoms with Crippen LogP contribution in [0.5, 0.6) is 5.75 Å². The minimum absolute atomic E-state index is 0.153. The average Bonchev–Trinajstić information content (AvgIpc) is 3.17. The number of hydrogen-bond acceptors (Lipinski definition) is 4. The predicted octanol–water partition coefficient (Wildman–Crippen LogP) is 2.81. The van der Waals surface area contributed by atoms with E-state index in [1.807, 2.05) is 19.2 Å². The van der Waals surface area contributed by atoms with Crippen LogP contribution in [0.3, 0.4) is 0 Å². The van der Waals surface area contributed by atoms with Crippen LogP contribution in [0, 0.1) is 5.92 Å². The molecule has 28 heavy (non-hydrogen) atoms. The third kappa shape index (κ3) is 5.85. The second kappa shape index (κ2) is 10.1. The molecule has 1 aromatic rings. The smallest absolute Gasteiger partial charge is 0.191 e. The number of morpholine rings is 1. The summed E-state index contributed by atoms with van der Waals surface area (Å²) in [5.41, 5.74) is 1.20. The number of nitrogens with one attached hydrogen (secondary N) is 2. The van der Waals surface area contributed by atoms with Gasteiger partial charge in [0.15, 0.2) is 5.96 Å². The minimum atomic E-state index is 0.153. The quantitative estimate of drug-likeness (QED) is 0.556. The average molecular weight is 389 g/mol. The largest absolute Gasteiger partial charge is 0.493 e. The first kappa shape index (κ1) is 20.9. The molecular formula is C22H36N4O2. The number of rotatable bonds is 7. The third-order valence-corrected chi connectivity index (χ3v) is 5.50. The topological polar surface area (TPSA) is 58.1 Å². The van der Waals surface area contributed by atoms with Gasteiger partial charge >= 0.3 is 0 Å². The first-order chi connectivity index (χ1) is 13.5. The summed E-state index contributed by atoms with van der Waals surface area (Å²) in [6.45, 7) is 11.1. The highest BCUT2D eigenvalue weighted by Crippen LogP contribution is 2.22. The lowest BCUT2D eigenvalue weighted by Gasteiger charge is -2.35. The fraction of sp³-hybridized carbons (Fsp3) is 0.682. The zero-order valence-electron chi connectivity index (χ0n) is 17.8. The third-order valence-electron chi connectivity index (χ3n) is 5.50. The Morgan fingerprint density at radius 3 is 2.79 bits per heavy atom. The van der Waals surface area contributed by atoms with Gasteiger partial charge in [0.1, 0.15) is 5.75 Å². The molecule has 2 aliphatic heterocycles. The van der Waals surface area contributed by atoms with Crippen molar-refractivity contribution in [3.8, 4) is 5.75 Å². The number of aliphatic imine (C=N–C) groups is 1. The van der Waals surface area contributed by atoms with E-state index in [4.69, 9.17) is 9.47 Å². The van der Waals surface area contributed by atoms with E-state index in [2.05, 4.69) is 53.4 Å². The molecule has 1 aromatic carbocycles. The number of nitrogens with zero attached hydrogens (tertiary/aromatic N) is 2. The van der Waals surface area contributed by atoms with Crippen molar-refractivity contribution in [3.63, 3.8) is 0 Å². The Morgan fingerprint density at radius 2 is 2.07 bits per heavy atom. The molecule has 6 nitrogen and oxygen atoms in total. The Kier molecular flexibility index (Phi) is 7.57. The molecule has 0 bridgehead atoms. The van der Waals surface area contributed by atoms with Crippen LogP contribution in [-0.2, 0) is 4.74 Å². The van der Waals surface area contributed by atoms with Crippen LogP contribution in [0.4, 0.5) is 0 Å². The molecule has 6 heteroatoms. The Balaban J connectivity index is 1.44. The molecule has 2 heterocycles. The van der Waals surface area contributed by atoms with Crippen molar-refractivity contribution in [3.05, 3.63) is 29.8 Å². The minimum Gasteiger partial charge on any atom is -0.493 e. The molecule has 3 rings (SSSR count). The number of fused-ring (bicyclic) bond motifs is 1. The molecule has 3 atom stereocenters. The maximum Gasteiger partial charge on any atom is 0.191 e. The summed E-state index contributed by atoms with van der Waals surface area (Å²) in [4.78, 5) is 6.94. The zero-order valence-corrected chi connectivity index (χ0v) is 17.8. The molecule has 3 unspecified atom stereocenters. The molecule has 2 fully saturated rings. The summed E-state index contributed by atoms with van der Waals surface area (Å²) in [5, 5.41) is 6.89. The number of hydrogen-bond donors (Lipinski definition) is 2. The Hall–Kier alpha value is -1.79. The van der Waals surface area contributed by atoms with E-state index in [9.17, 15) is 0 Å².